The van der Waals surface area contributed by atoms with E-state index in [1.54, 1.807) is 6.07 Å². The molecule has 0 heterocycles. The molecule has 2 rings (SSSR count). The lowest BCUT2D eigenvalue weighted by Crippen LogP contribution is -2.02. The highest BCUT2D eigenvalue weighted by Crippen LogP contribution is 2.27. The summed E-state index contributed by atoms with van der Waals surface area (Å²) in [6, 6.07) is 13.4. The van der Waals surface area contributed by atoms with Crippen molar-refractivity contribution in [2.24, 2.45) is 5.73 Å². The molecule has 4 N–H and O–H groups in total. The first-order valence-electron chi connectivity index (χ1n) is 10.7. The van der Waals surface area contributed by atoms with Gasteiger partial charge < -0.3 is 20.7 Å². The highest BCUT2D eigenvalue weighted by Gasteiger charge is 2.10. The molecule has 4 heteroatoms. The highest BCUT2D eigenvalue weighted by molar-refractivity contribution is 5.75. The summed E-state index contributed by atoms with van der Waals surface area (Å²) in [5.74, 6) is 0.580. The smallest absolute Gasteiger partial charge is 0.157 e. The third-order valence-corrected chi connectivity index (χ3v) is 5.01. The quantitative estimate of drug-likeness (QED) is 0.438. The number of benzene rings is 2. The zero-order valence-electron chi connectivity index (χ0n) is 18.2. The van der Waals surface area contributed by atoms with Gasteiger partial charge in [-0.2, -0.15) is 0 Å². The van der Waals surface area contributed by atoms with E-state index in [4.69, 9.17) is 15.9 Å². The summed E-state index contributed by atoms with van der Waals surface area (Å²) in [6.07, 6.45) is 7.56. The number of aromatic hydroxyl groups is 2. The van der Waals surface area contributed by atoms with Crippen LogP contribution in [0.3, 0.4) is 0 Å². The number of unbranched alkanes of at least 4 members (excludes halogenated alkanes) is 1. The molecule has 0 aliphatic carbocycles. The fourth-order valence-corrected chi connectivity index (χ4v) is 3.30. The zero-order valence-corrected chi connectivity index (χ0v) is 18.2. The van der Waals surface area contributed by atoms with Gasteiger partial charge in [-0.3, -0.25) is 0 Å². The number of hydrogen-bond donors (Lipinski definition) is 3. The second kappa shape index (κ2) is 13.8. The predicted octanol–water partition coefficient (Wildman–Crippen LogP) is 5.84. The molecule has 0 spiro atoms. The van der Waals surface area contributed by atoms with Crippen molar-refractivity contribution in [3.05, 3.63) is 59.2 Å². The summed E-state index contributed by atoms with van der Waals surface area (Å²) in [4.78, 5) is 10.7. The molecule has 0 saturated heterocycles. The summed E-state index contributed by atoms with van der Waals surface area (Å²) in [5.41, 5.74) is 9.29. The van der Waals surface area contributed by atoms with Crippen molar-refractivity contribution in [3.63, 3.8) is 0 Å². The Hall–Kier alpha value is -2.33. The minimum Gasteiger partial charge on any atom is -0.504 e. The Morgan fingerprint density at radius 1 is 0.966 bits per heavy atom. The van der Waals surface area contributed by atoms with Crippen LogP contribution in [0.1, 0.15) is 81.9 Å². The van der Waals surface area contributed by atoms with Gasteiger partial charge in [0.05, 0.1) is 0 Å². The van der Waals surface area contributed by atoms with E-state index in [1.165, 1.54) is 62.3 Å². The Bertz CT molecular complexity index is 743. The van der Waals surface area contributed by atoms with Gasteiger partial charge in [-0.25, -0.2) is 0 Å². The van der Waals surface area contributed by atoms with E-state index in [2.05, 4.69) is 38.1 Å². The number of carbonyl (C=O) groups is 1. The maximum atomic E-state index is 10.7. The Kier molecular flexibility index (Phi) is 11.7. The maximum Gasteiger partial charge on any atom is 0.157 e. The average molecular weight is 400 g/mol. The number of phenols is 2. The molecule has 2 aromatic rings. The standard InChI is InChI=1S/C15H25N.C10H12O3/c1-3-5-9-14(7-4-2)15-10-6-8-13(11-15)12-16;1-7(11)2-3-8-4-5-9(12)10(13)6-8/h6,8,10-11,14H,3-5,7,9,12,16H2,1-2H3;4-6,12-13H,2-3H2,1H3. The van der Waals surface area contributed by atoms with Gasteiger partial charge in [0.15, 0.2) is 11.5 Å². The van der Waals surface area contributed by atoms with E-state index in [9.17, 15) is 4.79 Å². The summed E-state index contributed by atoms with van der Waals surface area (Å²) < 4.78 is 0. The molecule has 160 valence electrons. The van der Waals surface area contributed by atoms with Gasteiger partial charge >= 0.3 is 0 Å². The lowest BCUT2D eigenvalue weighted by atomic mass is 9.89. The SMILES string of the molecule is CC(=O)CCc1ccc(O)c(O)c1.CCCCC(CCC)c1cccc(CN)c1. The van der Waals surface area contributed by atoms with E-state index >= 15 is 0 Å². The van der Waals surface area contributed by atoms with Crippen molar-refractivity contribution in [2.75, 3.05) is 0 Å². The fourth-order valence-electron chi connectivity index (χ4n) is 3.30. The normalized spacial score (nSPS) is 11.4. The summed E-state index contributed by atoms with van der Waals surface area (Å²) in [6.45, 7) is 6.71. The Labute approximate surface area is 175 Å². The van der Waals surface area contributed by atoms with Crippen LogP contribution in [0, 0.1) is 0 Å². The van der Waals surface area contributed by atoms with E-state index in [0.29, 0.717) is 19.4 Å². The van der Waals surface area contributed by atoms with Crippen LogP contribution in [0.25, 0.3) is 0 Å². The van der Waals surface area contributed by atoms with Gasteiger partial charge in [-0.15, -0.1) is 0 Å². The molecule has 0 amide bonds. The van der Waals surface area contributed by atoms with Crippen molar-refractivity contribution in [1.29, 1.82) is 0 Å². The molecular weight excluding hydrogens is 362 g/mol. The molecule has 0 fully saturated rings. The van der Waals surface area contributed by atoms with Gasteiger partial charge in [0.25, 0.3) is 0 Å². The van der Waals surface area contributed by atoms with Crippen LogP contribution in [-0.2, 0) is 17.8 Å². The number of rotatable bonds is 10. The van der Waals surface area contributed by atoms with Crippen molar-refractivity contribution >= 4 is 5.78 Å². The number of hydrogen-bond acceptors (Lipinski definition) is 4. The van der Waals surface area contributed by atoms with E-state index < -0.39 is 0 Å². The summed E-state index contributed by atoms with van der Waals surface area (Å²) in [5, 5.41) is 18.1. The molecule has 4 nitrogen and oxygen atoms in total. The number of phenolic OH excluding ortho intramolecular Hbond substituents is 2. The van der Waals surface area contributed by atoms with Crippen LogP contribution in [0.15, 0.2) is 42.5 Å². The number of Topliss-reactive ketones (excluding diaryl/α,β-unsaturated/α-hetero) is 1. The minimum absolute atomic E-state index is 0.118. The van der Waals surface area contributed by atoms with Crippen molar-refractivity contribution < 1.29 is 15.0 Å². The van der Waals surface area contributed by atoms with E-state index in [1.807, 2.05) is 0 Å². The fraction of sp³-hybridized carbons (Fsp3) is 0.480. The second-order valence-corrected chi connectivity index (χ2v) is 7.60. The molecule has 1 unspecified atom stereocenters. The van der Waals surface area contributed by atoms with Gasteiger partial charge in [-0.1, -0.05) is 63.4 Å². The third kappa shape index (κ3) is 9.62. The van der Waals surface area contributed by atoms with Crippen LogP contribution >= 0.6 is 0 Å². The third-order valence-electron chi connectivity index (χ3n) is 5.01. The molecule has 0 bridgehead atoms. The predicted molar refractivity (Wildman–Crippen MR) is 120 cm³/mol. The second-order valence-electron chi connectivity index (χ2n) is 7.60. The van der Waals surface area contributed by atoms with Crippen LogP contribution in [-0.4, -0.2) is 16.0 Å². The van der Waals surface area contributed by atoms with Gasteiger partial charge in [-0.05, 0) is 60.9 Å². The molecule has 1 atom stereocenters. The first kappa shape index (κ1) is 24.7. The summed E-state index contributed by atoms with van der Waals surface area (Å²) >= 11 is 0. The monoisotopic (exact) mass is 399 g/mol. The molecule has 0 aromatic heterocycles. The first-order valence-corrected chi connectivity index (χ1v) is 10.7. The molecule has 2 aromatic carbocycles. The van der Waals surface area contributed by atoms with Crippen LogP contribution in [0.5, 0.6) is 11.5 Å². The lowest BCUT2D eigenvalue weighted by Gasteiger charge is -2.17. The molecule has 0 radical (unpaired) electrons. The number of ketones is 1. The van der Waals surface area contributed by atoms with Gasteiger partial charge in [0.1, 0.15) is 5.78 Å². The van der Waals surface area contributed by atoms with Crippen molar-refractivity contribution in [3.8, 4) is 11.5 Å². The summed E-state index contributed by atoms with van der Waals surface area (Å²) in [7, 11) is 0. The molecular formula is C25H37NO3. The highest BCUT2D eigenvalue weighted by atomic mass is 16.3. The average Bonchev–Trinajstić information content (AvgIpc) is 2.72. The van der Waals surface area contributed by atoms with Crippen molar-refractivity contribution in [1.82, 2.24) is 0 Å². The molecule has 0 aliphatic rings. The van der Waals surface area contributed by atoms with Crippen molar-refractivity contribution in [2.45, 2.75) is 78.2 Å². The van der Waals surface area contributed by atoms with Crippen LogP contribution in [0.2, 0.25) is 0 Å². The Balaban J connectivity index is 0.000000296. The van der Waals surface area contributed by atoms with Crippen LogP contribution < -0.4 is 5.73 Å². The van der Waals surface area contributed by atoms with E-state index in [-0.39, 0.29) is 17.3 Å². The number of aryl methyl sites for hydroxylation is 1. The first-order chi connectivity index (χ1) is 13.9. The number of carbonyl (C=O) groups excluding carboxylic acids is 1. The maximum absolute atomic E-state index is 10.7. The zero-order chi connectivity index (χ0) is 21.6. The molecule has 29 heavy (non-hydrogen) atoms. The lowest BCUT2D eigenvalue weighted by molar-refractivity contribution is -0.116. The Morgan fingerprint density at radius 3 is 2.31 bits per heavy atom. The van der Waals surface area contributed by atoms with Crippen LogP contribution in [0.4, 0.5) is 0 Å². The van der Waals surface area contributed by atoms with Gasteiger partial charge in [0.2, 0.25) is 0 Å². The largest absolute Gasteiger partial charge is 0.504 e. The van der Waals surface area contributed by atoms with E-state index in [0.717, 1.165) is 11.5 Å². The van der Waals surface area contributed by atoms with Gasteiger partial charge in [0, 0.05) is 13.0 Å². The minimum atomic E-state index is -0.138. The molecule has 0 aliphatic heterocycles. The topological polar surface area (TPSA) is 83.5 Å². The molecule has 0 saturated carbocycles. The number of nitrogens with two attached hydrogens (primary N) is 1. The Morgan fingerprint density at radius 2 is 1.72 bits per heavy atom.